The molecule has 4 nitrogen and oxygen atoms in total. The molecule has 0 unspecified atom stereocenters. The average molecular weight is 264 g/mol. The number of rotatable bonds is 5. The van der Waals surface area contributed by atoms with Gasteiger partial charge in [-0.25, -0.2) is 0 Å². The van der Waals surface area contributed by atoms with Gasteiger partial charge in [-0.05, 0) is 25.7 Å². The zero-order valence-electron chi connectivity index (χ0n) is 12.0. The number of carbonyl (C=O) groups is 1. The van der Waals surface area contributed by atoms with E-state index in [-0.39, 0.29) is 6.42 Å². The first-order valence-electron chi connectivity index (χ1n) is 7.48. The van der Waals surface area contributed by atoms with Crippen molar-refractivity contribution in [2.24, 2.45) is 0 Å². The fourth-order valence-electron chi connectivity index (χ4n) is 3.20. The number of carboxylic acids is 1. The molecule has 1 N–H and O–H groups in total. The molecule has 0 radical (unpaired) electrons. The summed E-state index contributed by atoms with van der Waals surface area (Å²) in [5, 5.41) is 13.8. The molecule has 0 amide bonds. The van der Waals surface area contributed by atoms with Crippen molar-refractivity contribution in [3.63, 3.8) is 0 Å². The predicted octanol–water partition coefficient (Wildman–Crippen LogP) is 3.14. The van der Waals surface area contributed by atoms with Crippen molar-refractivity contribution in [3.05, 3.63) is 17.0 Å². The van der Waals surface area contributed by atoms with Crippen LogP contribution in [0.4, 0.5) is 0 Å². The molecule has 1 saturated carbocycles. The smallest absolute Gasteiger partial charge is 0.307 e. The second-order valence-electron chi connectivity index (χ2n) is 5.39. The zero-order chi connectivity index (χ0) is 13.8. The number of hydrogen-bond donors (Lipinski definition) is 1. The van der Waals surface area contributed by atoms with Gasteiger partial charge in [0, 0.05) is 11.3 Å². The van der Waals surface area contributed by atoms with Gasteiger partial charge in [-0.15, -0.1) is 0 Å². The third-order valence-corrected chi connectivity index (χ3v) is 4.12. The van der Waals surface area contributed by atoms with Gasteiger partial charge < -0.3 is 5.11 Å². The van der Waals surface area contributed by atoms with Crippen LogP contribution in [0.2, 0.25) is 0 Å². The third kappa shape index (κ3) is 2.99. The second-order valence-corrected chi connectivity index (χ2v) is 5.39. The molecular formula is C15H24N2O2. The molecule has 0 spiro atoms. The summed E-state index contributed by atoms with van der Waals surface area (Å²) >= 11 is 0. The highest BCUT2D eigenvalue weighted by molar-refractivity contribution is 5.71. The molecule has 1 fully saturated rings. The van der Waals surface area contributed by atoms with E-state index in [1.54, 1.807) is 0 Å². The second kappa shape index (κ2) is 6.22. The average Bonchev–Trinajstić information content (AvgIpc) is 2.76. The number of aromatic nitrogens is 2. The molecule has 0 bridgehead atoms. The van der Waals surface area contributed by atoms with Crippen LogP contribution in [0.1, 0.15) is 68.9 Å². The van der Waals surface area contributed by atoms with E-state index in [0.717, 1.165) is 29.8 Å². The fourth-order valence-corrected chi connectivity index (χ4v) is 3.20. The standard InChI is InChI=1S/C15H24N2O2/c1-3-13-12(10-15(18)19)14(4-2)17(16-13)11-8-6-5-7-9-11/h11H,3-10H2,1-2H3,(H,18,19). The molecule has 0 aromatic carbocycles. The molecule has 1 heterocycles. The molecule has 1 aromatic heterocycles. The Balaban J connectivity index is 2.36. The van der Waals surface area contributed by atoms with E-state index in [2.05, 4.69) is 18.5 Å². The Morgan fingerprint density at radius 2 is 1.95 bits per heavy atom. The molecule has 0 atom stereocenters. The van der Waals surface area contributed by atoms with Gasteiger partial charge in [0.25, 0.3) is 0 Å². The summed E-state index contributed by atoms with van der Waals surface area (Å²) in [6, 6.07) is 0.483. The van der Waals surface area contributed by atoms with E-state index in [1.165, 1.54) is 32.1 Å². The van der Waals surface area contributed by atoms with Crippen LogP contribution in [-0.2, 0) is 24.1 Å². The molecule has 1 aromatic rings. The lowest BCUT2D eigenvalue weighted by Gasteiger charge is -2.24. The molecule has 2 rings (SSSR count). The summed E-state index contributed by atoms with van der Waals surface area (Å²) in [5.74, 6) is -0.757. The predicted molar refractivity (Wildman–Crippen MR) is 74.4 cm³/mol. The van der Waals surface area contributed by atoms with Crippen molar-refractivity contribution in [1.82, 2.24) is 9.78 Å². The van der Waals surface area contributed by atoms with Crippen molar-refractivity contribution in [1.29, 1.82) is 0 Å². The number of carboxylic acid groups (broad SMARTS) is 1. The topological polar surface area (TPSA) is 55.1 Å². The zero-order valence-corrected chi connectivity index (χ0v) is 12.0. The van der Waals surface area contributed by atoms with E-state index >= 15 is 0 Å². The first-order valence-corrected chi connectivity index (χ1v) is 7.48. The van der Waals surface area contributed by atoms with Gasteiger partial charge in [0.15, 0.2) is 0 Å². The highest BCUT2D eigenvalue weighted by atomic mass is 16.4. The molecule has 19 heavy (non-hydrogen) atoms. The maximum atomic E-state index is 11.1. The van der Waals surface area contributed by atoms with E-state index in [1.807, 2.05) is 0 Å². The number of nitrogens with zero attached hydrogens (tertiary/aromatic N) is 2. The van der Waals surface area contributed by atoms with Crippen LogP contribution in [0.5, 0.6) is 0 Å². The Hall–Kier alpha value is -1.32. The van der Waals surface area contributed by atoms with Crippen molar-refractivity contribution >= 4 is 5.97 Å². The Kier molecular flexibility index (Phi) is 4.61. The molecule has 0 saturated heterocycles. The van der Waals surface area contributed by atoms with Gasteiger partial charge >= 0.3 is 5.97 Å². The van der Waals surface area contributed by atoms with Crippen LogP contribution in [0.3, 0.4) is 0 Å². The number of aryl methyl sites for hydroxylation is 1. The summed E-state index contributed by atoms with van der Waals surface area (Å²) in [5.41, 5.74) is 3.08. The molecule has 4 heteroatoms. The van der Waals surface area contributed by atoms with Gasteiger partial charge in [-0.2, -0.15) is 5.10 Å². The van der Waals surface area contributed by atoms with E-state index in [4.69, 9.17) is 10.2 Å². The molecule has 106 valence electrons. The van der Waals surface area contributed by atoms with Crippen molar-refractivity contribution < 1.29 is 9.90 Å². The number of aliphatic carboxylic acids is 1. The maximum Gasteiger partial charge on any atom is 0.307 e. The lowest BCUT2D eigenvalue weighted by Crippen LogP contribution is -2.17. The van der Waals surface area contributed by atoms with Crippen LogP contribution in [0.15, 0.2) is 0 Å². The lowest BCUT2D eigenvalue weighted by atomic mass is 9.95. The van der Waals surface area contributed by atoms with Gasteiger partial charge in [0.05, 0.1) is 18.2 Å². The van der Waals surface area contributed by atoms with Gasteiger partial charge in [0.2, 0.25) is 0 Å². The van der Waals surface area contributed by atoms with Crippen LogP contribution < -0.4 is 0 Å². The van der Waals surface area contributed by atoms with Crippen molar-refractivity contribution in [2.75, 3.05) is 0 Å². The van der Waals surface area contributed by atoms with E-state index in [9.17, 15) is 4.79 Å². The SMILES string of the molecule is CCc1nn(C2CCCCC2)c(CC)c1CC(=O)O. The quantitative estimate of drug-likeness (QED) is 0.889. The minimum atomic E-state index is -0.757. The van der Waals surface area contributed by atoms with Crippen LogP contribution in [0, 0.1) is 0 Å². The monoisotopic (exact) mass is 264 g/mol. The summed E-state index contributed by atoms with van der Waals surface area (Å²) in [4.78, 5) is 11.1. The Labute approximate surface area is 114 Å². The van der Waals surface area contributed by atoms with Gasteiger partial charge in [-0.3, -0.25) is 9.48 Å². The van der Waals surface area contributed by atoms with Crippen LogP contribution in [-0.4, -0.2) is 20.9 Å². The summed E-state index contributed by atoms with van der Waals surface area (Å²) in [6.45, 7) is 4.15. The van der Waals surface area contributed by atoms with Crippen LogP contribution in [0.25, 0.3) is 0 Å². The minimum absolute atomic E-state index is 0.110. The normalized spacial score (nSPS) is 16.7. The molecule has 0 aliphatic heterocycles. The van der Waals surface area contributed by atoms with Gasteiger partial charge in [0.1, 0.15) is 0 Å². The largest absolute Gasteiger partial charge is 0.481 e. The highest BCUT2D eigenvalue weighted by Crippen LogP contribution is 2.31. The lowest BCUT2D eigenvalue weighted by molar-refractivity contribution is -0.136. The molecule has 1 aliphatic rings. The molecule has 1 aliphatic carbocycles. The third-order valence-electron chi connectivity index (χ3n) is 4.12. The van der Waals surface area contributed by atoms with Crippen LogP contribution >= 0.6 is 0 Å². The first-order chi connectivity index (χ1) is 9.17. The van der Waals surface area contributed by atoms with E-state index < -0.39 is 5.97 Å². The highest BCUT2D eigenvalue weighted by Gasteiger charge is 2.23. The van der Waals surface area contributed by atoms with Crippen molar-refractivity contribution in [2.45, 2.75) is 71.3 Å². The first kappa shape index (κ1) is 14.1. The van der Waals surface area contributed by atoms with Gasteiger partial charge in [-0.1, -0.05) is 33.1 Å². The summed E-state index contributed by atoms with van der Waals surface area (Å²) in [6.07, 6.45) is 8.02. The Morgan fingerprint density at radius 1 is 1.26 bits per heavy atom. The number of hydrogen-bond acceptors (Lipinski definition) is 2. The summed E-state index contributed by atoms with van der Waals surface area (Å²) < 4.78 is 2.15. The Morgan fingerprint density at radius 3 is 2.47 bits per heavy atom. The fraction of sp³-hybridized carbons (Fsp3) is 0.733. The Bertz CT molecular complexity index is 445. The molecular weight excluding hydrogens is 240 g/mol. The maximum absolute atomic E-state index is 11.1. The van der Waals surface area contributed by atoms with E-state index in [0.29, 0.717) is 6.04 Å². The minimum Gasteiger partial charge on any atom is -0.481 e. The van der Waals surface area contributed by atoms with Crippen molar-refractivity contribution in [3.8, 4) is 0 Å². The summed E-state index contributed by atoms with van der Waals surface area (Å²) in [7, 11) is 0.